The van der Waals surface area contributed by atoms with E-state index in [1.165, 1.54) is 13.2 Å². The topological polar surface area (TPSA) is 101 Å². The summed E-state index contributed by atoms with van der Waals surface area (Å²) in [5.41, 5.74) is 8.50. The fourth-order valence-corrected chi connectivity index (χ4v) is 1.42. The molecule has 0 unspecified atom stereocenters. The molecule has 0 fully saturated rings. The maximum Gasteiger partial charge on any atom is 0.280 e. The van der Waals surface area contributed by atoms with Gasteiger partial charge < -0.3 is 4.74 Å². The van der Waals surface area contributed by atoms with E-state index < -0.39 is 4.92 Å². The predicted octanol–water partition coefficient (Wildman–Crippen LogP) is 3.32. The Morgan fingerprint density at radius 3 is 3.00 bits per heavy atom. The minimum absolute atomic E-state index is 0.0191. The van der Waals surface area contributed by atoms with Crippen LogP contribution >= 0.6 is 0 Å². The van der Waals surface area contributed by atoms with Crippen LogP contribution in [0.2, 0.25) is 0 Å². The molecule has 0 aliphatic rings. The molecule has 0 atom stereocenters. The van der Waals surface area contributed by atoms with Gasteiger partial charge in [-0.3, -0.25) is 10.1 Å². The third-order valence-corrected chi connectivity index (χ3v) is 2.20. The monoisotopic (exact) mass is 248 g/mol. The van der Waals surface area contributed by atoms with Crippen LogP contribution in [0.1, 0.15) is 12.0 Å². The molecule has 94 valence electrons. The first-order valence-corrected chi connectivity index (χ1v) is 5.19. The van der Waals surface area contributed by atoms with Crippen LogP contribution in [0.25, 0.3) is 16.5 Å². The van der Waals surface area contributed by atoms with Crippen molar-refractivity contribution < 1.29 is 9.66 Å². The number of azide groups is 1. The van der Waals surface area contributed by atoms with Crippen LogP contribution in [0.3, 0.4) is 0 Å². The van der Waals surface area contributed by atoms with Gasteiger partial charge in [0.2, 0.25) is 0 Å². The van der Waals surface area contributed by atoms with Crippen molar-refractivity contribution in [2.45, 2.75) is 6.42 Å². The van der Waals surface area contributed by atoms with Crippen molar-refractivity contribution >= 4 is 11.8 Å². The molecule has 0 N–H and O–H groups in total. The number of hydrogen-bond donors (Lipinski definition) is 0. The fraction of sp³-hybridized carbons (Fsp3) is 0.273. The van der Waals surface area contributed by atoms with Crippen molar-refractivity contribution in [2.75, 3.05) is 13.7 Å². The maximum atomic E-state index is 10.9. The van der Waals surface area contributed by atoms with Crippen LogP contribution in [-0.2, 0) is 0 Å². The molecule has 7 nitrogen and oxygen atoms in total. The lowest BCUT2D eigenvalue weighted by molar-refractivity contribution is -0.385. The van der Waals surface area contributed by atoms with Gasteiger partial charge in [-0.05, 0) is 24.1 Å². The lowest BCUT2D eigenvalue weighted by Gasteiger charge is -2.04. The number of benzene rings is 1. The Labute approximate surface area is 103 Å². The number of methoxy groups -OCH3 is 1. The zero-order valence-electron chi connectivity index (χ0n) is 9.81. The maximum absolute atomic E-state index is 10.9. The molecule has 0 saturated heterocycles. The highest BCUT2D eigenvalue weighted by Crippen LogP contribution is 2.29. The molecular weight excluding hydrogens is 236 g/mol. The summed E-state index contributed by atoms with van der Waals surface area (Å²) in [5.74, 6) is 0.434. The van der Waals surface area contributed by atoms with Crippen molar-refractivity contribution in [3.8, 4) is 5.75 Å². The van der Waals surface area contributed by atoms with E-state index in [9.17, 15) is 10.1 Å². The van der Waals surface area contributed by atoms with Gasteiger partial charge in [0, 0.05) is 17.5 Å². The Morgan fingerprint density at radius 1 is 1.61 bits per heavy atom. The molecule has 0 aliphatic heterocycles. The molecule has 18 heavy (non-hydrogen) atoms. The van der Waals surface area contributed by atoms with Crippen LogP contribution in [0.15, 0.2) is 29.4 Å². The van der Waals surface area contributed by atoms with Gasteiger partial charge in [0.15, 0.2) is 0 Å². The van der Waals surface area contributed by atoms with Crippen molar-refractivity contribution in [1.82, 2.24) is 0 Å². The third-order valence-electron chi connectivity index (χ3n) is 2.20. The highest BCUT2D eigenvalue weighted by atomic mass is 16.6. The van der Waals surface area contributed by atoms with E-state index >= 15 is 0 Å². The number of nitro groups is 1. The van der Waals surface area contributed by atoms with Gasteiger partial charge in [0.25, 0.3) is 5.69 Å². The minimum Gasteiger partial charge on any atom is -0.496 e. The Hall–Kier alpha value is -2.53. The second-order valence-corrected chi connectivity index (χ2v) is 3.30. The summed E-state index contributed by atoms with van der Waals surface area (Å²) in [5, 5.41) is 14.2. The molecule has 1 rings (SSSR count). The number of rotatable bonds is 6. The van der Waals surface area contributed by atoms with Crippen LogP contribution in [0.5, 0.6) is 5.75 Å². The second kappa shape index (κ2) is 6.93. The van der Waals surface area contributed by atoms with E-state index in [-0.39, 0.29) is 5.69 Å². The summed E-state index contributed by atoms with van der Waals surface area (Å²) in [7, 11) is 1.45. The van der Waals surface area contributed by atoms with Crippen LogP contribution in [0.4, 0.5) is 5.69 Å². The predicted molar refractivity (Wildman–Crippen MR) is 67.3 cm³/mol. The molecule has 0 bridgehead atoms. The molecule has 7 heteroatoms. The fourth-order valence-electron chi connectivity index (χ4n) is 1.42. The highest BCUT2D eigenvalue weighted by molar-refractivity contribution is 5.67. The van der Waals surface area contributed by atoms with E-state index in [0.29, 0.717) is 24.3 Å². The van der Waals surface area contributed by atoms with Crippen molar-refractivity contribution in [1.29, 1.82) is 0 Å². The minimum atomic E-state index is -0.463. The molecule has 0 aromatic heterocycles. The van der Waals surface area contributed by atoms with Crippen LogP contribution < -0.4 is 4.74 Å². The largest absolute Gasteiger partial charge is 0.496 e. The van der Waals surface area contributed by atoms with E-state index in [2.05, 4.69) is 10.0 Å². The summed E-state index contributed by atoms with van der Waals surface area (Å²) >= 11 is 0. The summed E-state index contributed by atoms with van der Waals surface area (Å²) in [6, 6.07) is 4.63. The van der Waals surface area contributed by atoms with Gasteiger partial charge in [-0.25, -0.2) is 0 Å². The van der Waals surface area contributed by atoms with Crippen molar-refractivity contribution in [3.63, 3.8) is 0 Å². The van der Waals surface area contributed by atoms with Gasteiger partial charge >= 0.3 is 0 Å². The first kappa shape index (κ1) is 13.5. The molecular formula is C11H12N4O3. The van der Waals surface area contributed by atoms with E-state index in [1.54, 1.807) is 24.3 Å². The Balaban J connectivity index is 2.97. The van der Waals surface area contributed by atoms with Crippen molar-refractivity contribution in [3.05, 3.63) is 50.4 Å². The van der Waals surface area contributed by atoms with Crippen molar-refractivity contribution in [2.24, 2.45) is 5.11 Å². The first-order valence-electron chi connectivity index (χ1n) is 5.19. The molecule has 0 saturated carbocycles. The quantitative estimate of drug-likeness (QED) is 0.193. The van der Waals surface area contributed by atoms with Gasteiger partial charge in [0.1, 0.15) is 5.75 Å². The molecule has 0 aliphatic carbocycles. The molecule has 0 amide bonds. The zero-order valence-corrected chi connectivity index (χ0v) is 9.81. The lowest BCUT2D eigenvalue weighted by atomic mass is 10.1. The molecule has 1 aromatic carbocycles. The first-order chi connectivity index (χ1) is 8.70. The van der Waals surface area contributed by atoms with Crippen LogP contribution in [0, 0.1) is 10.1 Å². The number of ether oxygens (including phenoxy) is 1. The third kappa shape index (κ3) is 3.50. The standard InChI is InChI=1S/C11H12N4O3/c1-18-11-7-4-6-10(15(16)17)9(11)5-2-3-8-13-14-12/h2,4-7H,3,8H2,1H3. The normalized spacial score (nSPS) is 10.1. The molecule has 0 heterocycles. The SMILES string of the molecule is COc1cccc([N+](=O)[O-])c1C=CCCN=[N+]=[N-]. The summed E-state index contributed by atoms with van der Waals surface area (Å²) in [6.07, 6.45) is 3.82. The number of nitrogens with zero attached hydrogens (tertiary/aromatic N) is 4. The number of nitro benzene ring substituents is 1. The van der Waals surface area contributed by atoms with Gasteiger partial charge in [-0.1, -0.05) is 17.3 Å². The average molecular weight is 248 g/mol. The van der Waals surface area contributed by atoms with E-state index in [4.69, 9.17) is 10.3 Å². The molecule has 1 aromatic rings. The smallest absolute Gasteiger partial charge is 0.280 e. The van der Waals surface area contributed by atoms with Gasteiger partial charge in [-0.15, -0.1) is 0 Å². The Kier molecular flexibility index (Phi) is 5.21. The molecule has 0 spiro atoms. The lowest BCUT2D eigenvalue weighted by Crippen LogP contribution is -1.94. The average Bonchev–Trinajstić information content (AvgIpc) is 2.38. The summed E-state index contributed by atoms with van der Waals surface area (Å²) in [4.78, 5) is 13.0. The van der Waals surface area contributed by atoms with Gasteiger partial charge in [-0.2, -0.15) is 0 Å². The Bertz CT molecular complexity index is 507. The summed E-state index contributed by atoms with van der Waals surface area (Å²) in [6.45, 7) is 0.315. The Morgan fingerprint density at radius 2 is 2.39 bits per heavy atom. The molecule has 0 radical (unpaired) electrons. The zero-order chi connectivity index (χ0) is 13.4. The second-order valence-electron chi connectivity index (χ2n) is 3.30. The van der Waals surface area contributed by atoms with Crippen LogP contribution in [-0.4, -0.2) is 18.6 Å². The van der Waals surface area contributed by atoms with E-state index in [1.807, 2.05) is 0 Å². The van der Waals surface area contributed by atoms with E-state index in [0.717, 1.165) is 0 Å². The highest BCUT2D eigenvalue weighted by Gasteiger charge is 2.15. The summed E-state index contributed by atoms with van der Waals surface area (Å²) < 4.78 is 5.08. The number of hydrogen-bond acceptors (Lipinski definition) is 4. The van der Waals surface area contributed by atoms with Gasteiger partial charge in [0.05, 0.1) is 17.6 Å².